The Bertz CT molecular complexity index is 1140. The summed E-state index contributed by atoms with van der Waals surface area (Å²) in [6, 6.07) is 29.8. The highest BCUT2D eigenvalue weighted by Gasteiger charge is 2.42. The lowest BCUT2D eigenvalue weighted by molar-refractivity contribution is -0.0452. The fraction of sp³-hybridized carbons (Fsp3) is 0.405. The molecule has 1 aliphatic rings. The van der Waals surface area contributed by atoms with Crippen LogP contribution in [-0.2, 0) is 28.7 Å². The standard InChI is InChI=1S/C37H46O3/c1-30(2)36(23-20-33-18-21-35(38-3)22-19-33)34-26-37(27-34,28-39-24-10-16-31-12-6-4-7-13-31)29-40-25-11-17-32-14-8-5-9-15-32/h4-9,12-15,18-19,21-22H,1,10-11,16-17,20,23-29H2,2-3H3. The fourth-order valence-electron chi connectivity index (χ4n) is 5.69. The monoisotopic (exact) mass is 538 g/mol. The van der Waals surface area contributed by atoms with E-state index in [-0.39, 0.29) is 5.41 Å². The second-order valence-electron chi connectivity index (χ2n) is 11.3. The zero-order valence-corrected chi connectivity index (χ0v) is 24.5. The van der Waals surface area contributed by atoms with Crippen molar-refractivity contribution in [3.63, 3.8) is 0 Å². The molecule has 0 amide bonds. The van der Waals surface area contributed by atoms with Crippen molar-refractivity contribution < 1.29 is 14.2 Å². The Balaban J connectivity index is 1.31. The van der Waals surface area contributed by atoms with Crippen LogP contribution in [0.3, 0.4) is 0 Å². The molecular weight excluding hydrogens is 492 g/mol. The molecule has 4 rings (SSSR count). The Kier molecular flexibility index (Phi) is 11.6. The van der Waals surface area contributed by atoms with Gasteiger partial charge in [-0.15, -0.1) is 0 Å². The summed E-state index contributed by atoms with van der Waals surface area (Å²) in [4.78, 5) is 0. The third kappa shape index (κ3) is 9.21. The molecule has 0 bridgehead atoms. The zero-order chi connectivity index (χ0) is 28.0. The van der Waals surface area contributed by atoms with Gasteiger partial charge in [0.05, 0.1) is 20.3 Å². The smallest absolute Gasteiger partial charge is 0.118 e. The van der Waals surface area contributed by atoms with E-state index in [0.717, 1.165) is 83.5 Å². The van der Waals surface area contributed by atoms with Gasteiger partial charge in [-0.2, -0.15) is 0 Å². The molecule has 3 heteroatoms. The molecule has 1 fully saturated rings. The van der Waals surface area contributed by atoms with Crippen LogP contribution in [0.2, 0.25) is 0 Å². The average Bonchev–Trinajstić information content (AvgIpc) is 2.96. The first-order valence-corrected chi connectivity index (χ1v) is 14.8. The van der Waals surface area contributed by atoms with E-state index in [2.05, 4.69) is 86.3 Å². The summed E-state index contributed by atoms with van der Waals surface area (Å²) in [5, 5.41) is 0. The van der Waals surface area contributed by atoms with E-state index >= 15 is 0 Å². The number of hydrogen-bond donors (Lipinski definition) is 0. The highest BCUT2D eigenvalue weighted by atomic mass is 16.5. The molecule has 0 radical (unpaired) electrons. The summed E-state index contributed by atoms with van der Waals surface area (Å²) in [5.74, 6) is 0.901. The van der Waals surface area contributed by atoms with Crippen molar-refractivity contribution in [3.8, 4) is 5.75 Å². The van der Waals surface area contributed by atoms with Crippen LogP contribution in [0.5, 0.6) is 5.75 Å². The summed E-state index contributed by atoms with van der Waals surface area (Å²) in [6.07, 6.45) is 8.29. The van der Waals surface area contributed by atoms with E-state index in [1.807, 2.05) is 12.1 Å². The Morgan fingerprint density at radius 2 is 1.20 bits per heavy atom. The van der Waals surface area contributed by atoms with E-state index in [0.29, 0.717) is 0 Å². The first-order valence-electron chi connectivity index (χ1n) is 14.8. The molecule has 3 aromatic carbocycles. The van der Waals surface area contributed by atoms with Crippen molar-refractivity contribution in [2.45, 2.75) is 58.3 Å². The number of benzene rings is 3. The Morgan fingerprint density at radius 1 is 0.700 bits per heavy atom. The third-order valence-electron chi connectivity index (χ3n) is 7.95. The van der Waals surface area contributed by atoms with Crippen LogP contribution < -0.4 is 4.74 Å². The van der Waals surface area contributed by atoms with Gasteiger partial charge >= 0.3 is 0 Å². The molecule has 40 heavy (non-hydrogen) atoms. The molecule has 3 aromatic rings. The van der Waals surface area contributed by atoms with Gasteiger partial charge in [0, 0.05) is 18.6 Å². The topological polar surface area (TPSA) is 27.7 Å². The molecule has 0 spiro atoms. The molecule has 0 unspecified atom stereocenters. The van der Waals surface area contributed by atoms with Gasteiger partial charge in [-0.25, -0.2) is 0 Å². The predicted molar refractivity (Wildman–Crippen MR) is 166 cm³/mol. The predicted octanol–water partition coefficient (Wildman–Crippen LogP) is 8.58. The summed E-state index contributed by atoms with van der Waals surface area (Å²) in [5.41, 5.74) is 8.29. The van der Waals surface area contributed by atoms with Gasteiger partial charge in [-0.1, -0.05) is 90.5 Å². The third-order valence-corrected chi connectivity index (χ3v) is 7.95. The largest absolute Gasteiger partial charge is 0.497 e. The minimum atomic E-state index is 0.0651. The van der Waals surface area contributed by atoms with Gasteiger partial charge in [0.2, 0.25) is 0 Å². The van der Waals surface area contributed by atoms with Gasteiger partial charge in [-0.05, 0) is 92.7 Å². The first-order chi connectivity index (χ1) is 19.6. The van der Waals surface area contributed by atoms with Crippen molar-refractivity contribution in [1.29, 1.82) is 0 Å². The lowest BCUT2D eigenvalue weighted by atomic mass is 9.64. The molecule has 0 aliphatic heterocycles. The van der Waals surface area contributed by atoms with E-state index in [4.69, 9.17) is 14.2 Å². The SMILES string of the molecule is C=C(C)C(CCc1ccc(OC)cc1)=C1CC(COCCCc2ccccc2)(COCCCc2ccccc2)C1. The van der Waals surface area contributed by atoms with Gasteiger partial charge in [0.25, 0.3) is 0 Å². The summed E-state index contributed by atoms with van der Waals surface area (Å²) >= 11 is 0. The van der Waals surface area contributed by atoms with Crippen LogP contribution in [0.25, 0.3) is 0 Å². The van der Waals surface area contributed by atoms with Crippen LogP contribution in [-0.4, -0.2) is 33.5 Å². The molecule has 212 valence electrons. The Labute approximate surface area is 241 Å². The molecule has 0 N–H and O–H groups in total. The minimum absolute atomic E-state index is 0.0651. The highest BCUT2D eigenvalue weighted by Crippen LogP contribution is 2.49. The molecule has 0 heterocycles. The number of hydrogen-bond acceptors (Lipinski definition) is 3. The molecule has 1 saturated carbocycles. The maximum atomic E-state index is 6.29. The number of allylic oxidation sites excluding steroid dienone is 3. The van der Waals surface area contributed by atoms with E-state index < -0.39 is 0 Å². The second kappa shape index (κ2) is 15.6. The molecule has 1 aliphatic carbocycles. The van der Waals surface area contributed by atoms with E-state index in [1.54, 1.807) is 7.11 Å². The van der Waals surface area contributed by atoms with Crippen LogP contribution in [0, 0.1) is 5.41 Å². The summed E-state index contributed by atoms with van der Waals surface area (Å²) < 4.78 is 17.9. The normalized spacial score (nSPS) is 14.0. The molecule has 0 atom stereocenters. The molecular formula is C37H46O3. The maximum absolute atomic E-state index is 6.29. The first kappa shape index (κ1) is 29.8. The number of rotatable bonds is 17. The lowest BCUT2D eigenvalue weighted by Crippen LogP contribution is -2.41. The lowest BCUT2D eigenvalue weighted by Gasteiger charge is -2.45. The fourth-order valence-corrected chi connectivity index (χ4v) is 5.69. The van der Waals surface area contributed by atoms with Crippen molar-refractivity contribution in [2.24, 2.45) is 5.41 Å². The summed E-state index contributed by atoms with van der Waals surface area (Å²) in [6.45, 7) is 9.57. The van der Waals surface area contributed by atoms with Crippen LogP contribution in [0.4, 0.5) is 0 Å². The highest BCUT2D eigenvalue weighted by molar-refractivity contribution is 5.38. The molecule has 3 nitrogen and oxygen atoms in total. The zero-order valence-electron chi connectivity index (χ0n) is 24.5. The maximum Gasteiger partial charge on any atom is 0.118 e. The van der Waals surface area contributed by atoms with Gasteiger partial charge in [0.1, 0.15) is 5.75 Å². The summed E-state index contributed by atoms with van der Waals surface area (Å²) in [7, 11) is 1.71. The Hall–Kier alpha value is -3.14. The molecule has 0 saturated heterocycles. The quantitative estimate of drug-likeness (QED) is 0.161. The van der Waals surface area contributed by atoms with E-state index in [1.165, 1.54) is 33.4 Å². The van der Waals surface area contributed by atoms with Crippen molar-refractivity contribution in [3.05, 3.63) is 125 Å². The number of ether oxygens (including phenoxy) is 3. The van der Waals surface area contributed by atoms with E-state index in [9.17, 15) is 0 Å². The second-order valence-corrected chi connectivity index (χ2v) is 11.3. The van der Waals surface area contributed by atoms with Crippen LogP contribution >= 0.6 is 0 Å². The van der Waals surface area contributed by atoms with Gasteiger partial charge < -0.3 is 14.2 Å². The number of aryl methyl sites for hydroxylation is 3. The van der Waals surface area contributed by atoms with Crippen LogP contribution in [0.15, 0.2) is 108 Å². The Morgan fingerprint density at radius 3 is 1.68 bits per heavy atom. The van der Waals surface area contributed by atoms with Gasteiger partial charge in [0.15, 0.2) is 0 Å². The van der Waals surface area contributed by atoms with Crippen molar-refractivity contribution in [1.82, 2.24) is 0 Å². The number of methoxy groups -OCH3 is 1. The van der Waals surface area contributed by atoms with Crippen LogP contribution in [0.1, 0.15) is 55.7 Å². The molecule has 0 aromatic heterocycles. The van der Waals surface area contributed by atoms with Gasteiger partial charge in [-0.3, -0.25) is 0 Å². The van der Waals surface area contributed by atoms with Crippen molar-refractivity contribution in [2.75, 3.05) is 33.5 Å². The minimum Gasteiger partial charge on any atom is -0.497 e. The van der Waals surface area contributed by atoms with Crippen molar-refractivity contribution >= 4 is 0 Å². The average molecular weight is 539 g/mol.